The number of hydrogen-bond acceptors (Lipinski definition) is 8. The average Bonchev–Trinajstić information content (AvgIpc) is 3.42. The van der Waals surface area contributed by atoms with Crippen molar-refractivity contribution < 1.29 is 4.74 Å². The van der Waals surface area contributed by atoms with Crippen LogP contribution in [0.15, 0.2) is 85.3 Å². The Morgan fingerprint density at radius 2 is 1.62 bits per heavy atom. The first kappa shape index (κ1) is 24.1. The van der Waals surface area contributed by atoms with E-state index >= 15 is 0 Å². The third kappa shape index (κ3) is 4.90. The number of imidazole rings is 1. The maximum Gasteiger partial charge on any atom is 0.138 e. The zero-order valence-electron chi connectivity index (χ0n) is 22.1. The molecule has 5 heterocycles. The molecule has 0 amide bonds. The van der Waals surface area contributed by atoms with Gasteiger partial charge < -0.3 is 25.3 Å². The lowest BCUT2D eigenvalue weighted by molar-refractivity contribution is 0.122. The molecule has 2 aromatic carbocycles. The Labute approximate surface area is 231 Å². The SMILES string of the molecule is Cc1cc(Nc2ccc3[nH]c(-c4ccnc(Nc5ccnc6ccc(N7CCOCC7)cc56)c4)nc3c2)ccn1. The Kier molecular flexibility index (Phi) is 6.18. The number of nitrogens with zero attached hydrogens (tertiary/aromatic N) is 5. The molecule has 1 saturated heterocycles. The van der Waals surface area contributed by atoms with E-state index in [0.717, 1.165) is 88.2 Å². The molecule has 1 aliphatic rings. The maximum absolute atomic E-state index is 5.52. The Bertz CT molecular complexity index is 1830. The van der Waals surface area contributed by atoms with E-state index in [1.807, 2.05) is 61.7 Å². The number of pyridine rings is 3. The van der Waals surface area contributed by atoms with Crippen LogP contribution >= 0.6 is 0 Å². The zero-order chi connectivity index (χ0) is 26.9. The molecule has 0 bridgehead atoms. The van der Waals surface area contributed by atoms with E-state index in [0.29, 0.717) is 0 Å². The van der Waals surface area contributed by atoms with Crippen molar-refractivity contribution in [2.24, 2.45) is 0 Å². The van der Waals surface area contributed by atoms with Gasteiger partial charge in [-0.15, -0.1) is 0 Å². The number of aryl methyl sites for hydroxylation is 1. The number of aromatic amines is 1. The van der Waals surface area contributed by atoms with Gasteiger partial charge in [-0.2, -0.15) is 0 Å². The topological polar surface area (TPSA) is 104 Å². The molecule has 0 radical (unpaired) electrons. The van der Waals surface area contributed by atoms with E-state index in [1.165, 1.54) is 5.69 Å². The largest absolute Gasteiger partial charge is 0.378 e. The third-order valence-corrected chi connectivity index (χ3v) is 7.07. The molecule has 0 aliphatic carbocycles. The van der Waals surface area contributed by atoms with Crippen LogP contribution in [0.5, 0.6) is 0 Å². The Balaban J connectivity index is 1.16. The van der Waals surface area contributed by atoms with E-state index in [1.54, 1.807) is 12.4 Å². The first-order valence-electron chi connectivity index (χ1n) is 13.3. The first-order valence-corrected chi connectivity index (χ1v) is 13.3. The smallest absolute Gasteiger partial charge is 0.138 e. The normalized spacial score (nSPS) is 13.6. The van der Waals surface area contributed by atoms with E-state index in [2.05, 4.69) is 53.7 Å². The molecule has 9 heteroatoms. The third-order valence-electron chi connectivity index (χ3n) is 7.07. The van der Waals surface area contributed by atoms with Crippen LogP contribution in [0, 0.1) is 6.92 Å². The van der Waals surface area contributed by atoms with Crippen LogP contribution in [-0.2, 0) is 4.74 Å². The summed E-state index contributed by atoms with van der Waals surface area (Å²) in [5.41, 5.74) is 8.78. The molecule has 40 heavy (non-hydrogen) atoms. The van der Waals surface area contributed by atoms with Gasteiger partial charge in [-0.3, -0.25) is 9.97 Å². The summed E-state index contributed by atoms with van der Waals surface area (Å²) in [5.74, 6) is 1.52. The van der Waals surface area contributed by atoms with E-state index in [4.69, 9.17) is 9.72 Å². The lowest BCUT2D eigenvalue weighted by Crippen LogP contribution is -2.36. The van der Waals surface area contributed by atoms with Crippen LogP contribution in [0.4, 0.5) is 28.6 Å². The first-order chi connectivity index (χ1) is 19.7. The number of ether oxygens (including phenoxy) is 1. The number of hydrogen-bond donors (Lipinski definition) is 3. The number of H-pyrrole nitrogens is 1. The van der Waals surface area contributed by atoms with E-state index in [9.17, 15) is 0 Å². The number of benzene rings is 2. The number of aromatic nitrogens is 5. The second kappa shape index (κ2) is 10.3. The van der Waals surface area contributed by atoms with Crippen LogP contribution < -0.4 is 15.5 Å². The fraction of sp³-hybridized carbons (Fsp3) is 0.161. The highest BCUT2D eigenvalue weighted by molar-refractivity contribution is 5.95. The standard InChI is InChI=1S/C31H28N8O/c1-20-16-23(7-10-32-20)35-22-2-4-28-29(18-22)38-31(37-28)21-6-9-34-30(17-21)36-27-8-11-33-26-5-3-24(19-25(26)27)39-12-14-40-15-13-39/h2-11,16-19H,12-15H2,1H3,(H,32,35)(H,37,38)(H,33,34,36). The van der Waals surface area contributed by atoms with Crippen molar-refractivity contribution in [2.75, 3.05) is 41.8 Å². The summed E-state index contributed by atoms with van der Waals surface area (Å²) < 4.78 is 5.52. The molecule has 9 nitrogen and oxygen atoms in total. The second-order valence-corrected chi connectivity index (χ2v) is 9.84. The molecule has 0 saturated carbocycles. The van der Waals surface area contributed by atoms with Gasteiger partial charge >= 0.3 is 0 Å². The van der Waals surface area contributed by atoms with Gasteiger partial charge in [0.25, 0.3) is 0 Å². The second-order valence-electron chi connectivity index (χ2n) is 9.84. The summed E-state index contributed by atoms with van der Waals surface area (Å²) in [6.07, 6.45) is 5.42. The lowest BCUT2D eigenvalue weighted by Gasteiger charge is -2.29. The highest BCUT2D eigenvalue weighted by Crippen LogP contribution is 2.31. The Hall–Kier alpha value is -5.02. The molecule has 0 atom stereocenters. The van der Waals surface area contributed by atoms with Crippen molar-refractivity contribution in [3.05, 3.63) is 91.0 Å². The van der Waals surface area contributed by atoms with Crippen LogP contribution in [-0.4, -0.2) is 51.2 Å². The van der Waals surface area contributed by atoms with Gasteiger partial charge in [0.2, 0.25) is 0 Å². The number of anilines is 5. The van der Waals surface area contributed by atoms with Gasteiger partial charge in [0, 0.05) is 65.4 Å². The molecular formula is C31H28N8O. The van der Waals surface area contributed by atoms with Gasteiger partial charge in [-0.25, -0.2) is 9.97 Å². The molecule has 0 spiro atoms. The molecule has 6 aromatic rings. The van der Waals surface area contributed by atoms with E-state index in [-0.39, 0.29) is 0 Å². The van der Waals surface area contributed by atoms with Gasteiger partial charge in [-0.1, -0.05) is 0 Å². The van der Waals surface area contributed by atoms with Crippen molar-refractivity contribution in [3.8, 4) is 11.4 Å². The minimum atomic E-state index is 0.734. The summed E-state index contributed by atoms with van der Waals surface area (Å²) in [4.78, 5) is 24.1. The lowest BCUT2D eigenvalue weighted by atomic mass is 10.1. The monoisotopic (exact) mass is 528 g/mol. The molecule has 7 rings (SSSR count). The number of fused-ring (bicyclic) bond motifs is 2. The molecule has 0 unspecified atom stereocenters. The minimum Gasteiger partial charge on any atom is -0.378 e. The quantitative estimate of drug-likeness (QED) is 0.235. The van der Waals surface area contributed by atoms with Gasteiger partial charge in [0.05, 0.1) is 35.5 Å². The Morgan fingerprint density at radius 1 is 0.775 bits per heavy atom. The fourth-order valence-electron chi connectivity index (χ4n) is 5.06. The maximum atomic E-state index is 5.52. The number of rotatable bonds is 6. The number of nitrogens with one attached hydrogen (secondary N) is 3. The summed E-state index contributed by atoms with van der Waals surface area (Å²) in [5, 5.41) is 7.99. The summed E-state index contributed by atoms with van der Waals surface area (Å²) in [6, 6.07) is 22.4. The zero-order valence-corrected chi connectivity index (χ0v) is 22.1. The summed E-state index contributed by atoms with van der Waals surface area (Å²) in [7, 11) is 0. The fourth-order valence-corrected chi connectivity index (χ4v) is 5.06. The molecule has 4 aromatic heterocycles. The molecular weight excluding hydrogens is 500 g/mol. The van der Waals surface area contributed by atoms with Crippen molar-refractivity contribution in [3.63, 3.8) is 0 Å². The predicted octanol–water partition coefficient (Wildman–Crippen LogP) is 6.20. The van der Waals surface area contributed by atoms with Crippen molar-refractivity contribution in [2.45, 2.75) is 6.92 Å². The van der Waals surface area contributed by atoms with Gasteiger partial charge in [-0.05, 0) is 73.7 Å². The average molecular weight is 529 g/mol. The van der Waals surface area contributed by atoms with Crippen LogP contribution in [0.1, 0.15) is 5.69 Å². The van der Waals surface area contributed by atoms with Crippen LogP contribution in [0.3, 0.4) is 0 Å². The summed E-state index contributed by atoms with van der Waals surface area (Å²) in [6.45, 7) is 5.24. The molecule has 198 valence electrons. The molecule has 3 N–H and O–H groups in total. The van der Waals surface area contributed by atoms with Crippen molar-refractivity contribution >= 4 is 50.5 Å². The highest BCUT2D eigenvalue weighted by Gasteiger charge is 2.14. The van der Waals surface area contributed by atoms with Crippen LogP contribution in [0.25, 0.3) is 33.3 Å². The van der Waals surface area contributed by atoms with E-state index < -0.39 is 0 Å². The molecule has 1 aliphatic heterocycles. The van der Waals surface area contributed by atoms with Crippen molar-refractivity contribution in [1.82, 2.24) is 24.9 Å². The Morgan fingerprint density at radius 3 is 2.52 bits per heavy atom. The van der Waals surface area contributed by atoms with Gasteiger partial charge in [0.15, 0.2) is 0 Å². The summed E-state index contributed by atoms with van der Waals surface area (Å²) >= 11 is 0. The van der Waals surface area contributed by atoms with Gasteiger partial charge in [0.1, 0.15) is 11.6 Å². The van der Waals surface area contributed by atoms with Crippen molar-refractivity contribution in [1.29, 1.82) is 0 Å². The van der Waals surface area contributed by atoms with Crippen LogP contribution in [0.2, 0.25) is 0 Å². The predicted molar refractivity (Wildman–Crippen MR) is 160 cm³/mol. The minimum absolute atomic E-state index is 0.734. The highest BCUT2D eigenvalue weighted by atomic mass is 16.5. The number of morpholine rings is 1. The molecule has 1 fully saturated rings.